The molecule has 0 unspecified atom stereocenters. The normalized spacial score (nSPS) is 10.7. The van der Waals surface area contributed by atoms with E-state index in [1.807, 2.05) is 12.1 Å². The van der Waals surface area contributed by atoms with Gasteiger partial charge in [0.05, 0.1) is 0 Å². The number of halogens is 1. The van der Waals surface area contributed by atoms with E-state index in [0.717, 1.165) is 5.56 Å². The van der Waals surface area contributed by atoms with E-state index in [4.69, 9.17) is 11.6 Å². The van der Waals surface area contributed by atoms with E-state index < -0.39 is 0 Å². The smallest absolute Gasteiger partial charge is 0.273 e. The second kappa shape index (κ2) is 5.26. The molecule has 0 aliphatic rings. The van der Waals surface area contributed by atoms with Crippen LogP contribution >= 0.6 is 11.6 Å². The van der Waals surface area contributed by atoms with Crippen LogP contribution in [0.2, 0.25) is 5.02 Å². The van der Waals surface area contributed by atoms with Crippen molar-refractivity contribution in [3.8, 4) is 0 Å². The number of fused-ring (bicyclic) bond motifs is 1. The molecule has 1 amide bonds. The molecule has 3 aromatic rings. The van der Waals surface area contributed by atoms with Gasteiger partial charge in [0.15, 0.2) is 11.3 Å². The number of hydrogen-bond donors (Lipinski definition) is 1. The summed E-state index contributed by atoms with van der Waals surface area (Å²) < 4.78 is 1.47. The first-order valence-corrected chi connectivity index (χ1v) is 6.29. The van der Waals surface area contributed by atoms with E-state index >= 15 is 0 Å². The first-order chi connectivity index (χ1) is 9.75. The van der Waals surface area contributed by atoms with E-state index in [1.54, 1.807) is 30.9 Å². The van der Waals surface area contributed by atoms with Crippen LogP contribution in [0.3, 0.4) is 0 Å². The Morgan fingerprint density at radius 2 is 2.25 bits per heavy atom. The Kier molecular flexibility index (Phi) is 3.30. The molecule has 3 aromatic heterocycles. The summed E-state index contributed by atoms with van der Waals surface area (Å²) in [6.45, 7) is 0.365. The molecule has 0 aliphatic carbocycles. The third-order valence-corrected chi connectivity index (χ3v) is 3.08. The number of amides is 1. The molecular formula is C13H10ClN5O. The van der Waals surface area contributed by atoms with Gasteiger partial charge in [0.2, 0.25) is 0 Å². The van der Waals surface area contributed by atoms with Crippen LogP contribution in [0.5, 0.6) is 0 Å². The lowest BCUT2D eigenvalue weighted by molar-refractivity contribution is 0.0945. The average molecular weight is 288 g/mol. The predicted molar refractivity (Wildman–Crippen MR) is 73.4 cm³/mol. The lowest BCUT2D eigenvalue weighted by Gasteiger charge is -2.02. The maximum Gasteiger partial charge on any atom is 0.273 e. The molecule has 7 heteroatoms. The molecule has 0 saturated heterocycles. The highest BCUT2D eigenvalue weighted by molar-refractivity contribution is 6.36. The Morgan fingerprint density at radius 1 is 1.35 bits per heavy atom. The van der Waals surface area contributed by atoms with Crippen LogP contribution in [0.25, 0.3) is 5.65 Å². The second-order valence-electron chi connectivity index (χ2n) is 4.09. The highest BCUT2D eigenvalue weighted by atomic mass is 35.5. The maximum atomic E-state index is 12.1. The fraction of sp³-hybridized carbons (Fsp3) is 0.0769. The fourth-order valence-corrected chi connectivity index (χ4v) is 2.03. The van der Waals surface area contributed by atoms with Crippen molar-refractivity contribution in [1.29, 1.82) is 0 Å². The van der Waals surface area contributed by atoms with Gasteiger partial charge in [-0.2, -0.15) is 5.10 Å². The Labute approximate surface area is 119 Å². The van der Waals surface area contributed by atoms with E-state index in [0.29, 0.717) is 12.2 Å². The molecule has 100 valence electrons. The van der Waals surface area contributed by atoms with E-state index in [2.05, 4.69) is 20.4 Å². The van der Waals surface area contributed by atoms with Gasteiger partial charge in [-0.15, -0.1) is 0 Å². The molecule has 0 atom stereocenters. The summed E-state index contributed by atoms with van der Waals surface area (Å²) >= 11 is 6.11. The number of aromatic nitrogens is 4. The number of carbonyl (C=O) groups is 1. The second-order valence-corrected chi connectivity index (χ2v) is 4.47. The van der Waals surface area contributed by atoms with E-state index in [-0.39, 0.29) is 16.6 Å². The summed E-state index contributed by atoms with van der Waals surface area (Å²) in [6.07, 6.45) is 6.65. The van der Waals surface area contributed by atoms with Gasteiger partial charge in [-0.3, -0.25) is 9.78 Å². The number of carbonyl (C=O) groups excluding carboxylic acids is 1. The average Bonchev–Trinajstić information content (AvgIpc) is 2.84. The van der Waals surface area contributed by atoms with E-state index in [1.165, 1.54) is 4.52 Å². The zero-order valence-corrected chi connectivity index (χ0v) is 11.1. The van der Waals surface area contributed by atoms with Crippen molar-refractivity contribution >= 4 is 23.2 Å². The fourth-order valence-electron chi connectivity index (χ4n) is 1.77. The molecule has 0 radical (unpaired) electrons. The van der Waals surface area contributed by atoms with Gasteiger partial charge in [-0.1, -0.05) is 17.7 Å². The monoisotopic (exact) mass is 287 g/mol. The molecule has 3 heterocycles. The van der Waals surface area contributed by atoms with Gasteiger partial charge in [0, 0.05) is 31.3 Å². The van der Waals surface area contributed by atoms with Crippen LogP contribution in [0.1, 0.15) is 16.1 Å². The maximum absolute atomic E-state index is 12.1. The SMILES string of the molecule is O=C(NCc1cccnc1)c1nn2cccnc2c1Cl. The lowest BCUT2D eigenvalue weighted by Crippen LogP contribution is -2.23. The summed E-state index contributed by atoms with van der Waals surface area (Å²) in [5.41, 5.74) is 1.52. The number of nitrogens with zero attached hydrogens (tertiary/aromatic N) is 4. The first kappa shape index (κ1) is 12.6. The van der Waals surface area contributed by atoms with Crippen LogP contribution in [0.15, 0.2) is 43.0 Å². The van der Waals surface area contributed by atoms with Crippen molar-refractivity contribution in [2.24, 2.45) is 0 Å². The summed E-state index contributed by atoms with van der Waals surface area (Å²) in [5.74, 6) is -0.343. The molecule has 0 aliphatic heterocycles. The molecule has 0 fully saturated rings. The lowest BCUT2D eigenvalue weighted by atomic mass is 10.3. The standard InChI is InChI=1S/C13H10ClN5O/c14-10-11(18-19-6-2-5-16-12(10)19)13(20)17-8-9-3-1-4-15-7-9/h1-7H,8H2,(H,17,20). The minimum atomic E-state index is -0.343. The first-order valence-electron chi connectivity index (χ1n) is 5.91. The number of nitrogens with one attached hydrogen (secondary N) is 1. The summed E-state index contributed by atoms with van der Waals surface area (Å²) in [4.78, 5) is 20.2. The Hall–Kier alpha value is -2.47. The van der Waals surface area contributed by atoms with Gasteiger partial charge in [0.1, 0.15) is 5.02 Å². The van der Waals surface area contributed by atoms with Crippen molar-refractivity contribution in [3.63, 3.8) is 0 Å². The third kappa shape index (κ3) is 2.33. The number of rotatable bonds is 3. The molecule has 0 aromatic carbocycles. The summed E-state index contributed by atoms with van der Waals surface area (Å²) in [6, 6.07) is 5.40. The number of hydrogen-bond acceptors (Lipinski definition) is 4. The highest BCUT2D eigenvalue weighted by Crippen LogP contribution is 2.19. The van der Waals surface area contributed by atoms with Gasteiger partial charge in [0.25, 0.3) is 5.91 Å². The van der Waals surface area contributed by atoms with Crippen LogP contribution < -0.4 is 5.32 Å². The molecule has 3 rings (SSSR count). The largest absolute Gasteiger partial charge is 0.346 e. The molecular weight excluding hydrogens is 278 g/mol. The molecule has 1 N–H and O–H groups in total. The molecule has 0 spiro atoms. The van der Waals surface area contributed by atoms with Crippen molar-refractivity contribution < 1.29 is 4.79 Å². The van der Waals surface area contributed by atoms with Crippen LogP contribution in [-0.2, 0) is 6.54 Å². The minimum Gasteiger partial charge on any atom is -0.346 e. The summed E-state index contributed by atoms with van der Waals surface area (Å²) in [5, 5.41) is 7.11. The molecule has 20 heavy (non-hydrogen) atoms. The summed E-state index contributed by atoms with van der Waals surface area (Å²) in [7, 11) is 0. The van der Waals surface area contributed by atoms with Gasteiger partial charge in [-0.05, 0) is 17.7 Å². The van der Waals surface area contributed by atoms with E-state index in [9.17, 15) is 4.79 Å². The predicted octanol–water partition coefficient (Wildman–Crippen LogP) is 1.71. The zero-order valence-electron chi connectivity index (χ0n) is 10.3. The topological polar surface area (TPSA) is 72.2 Å². The number of pyridine rings is 1. The Morgan fingerprint density at radius 3 is 3.00 bits per heavy atom. The minimum absolute atomic E-state index is 0.161. The van der Waals surface area contributed by atoms with Crippen molar-refractivity contribution in [2.75, 3.05) is 0 Å². The molecule has 6 nitrogen and oxygen atoms in total. The highest BCUT2D eigenvalue weighted by Gasteiger charge is 2.18. The Bertz CT molecular complexity index is 756. The van der Waals surface area contributed by atoms with Crippen molar-refractivity contribution in [3.05, 3.63) is 59.3 Å². The zero-order chi connectivity index (χ0) is 13.9. The van der Waals surface area contributed by atoms with Crippen molar-refractivity contribution in [2.45, 2.75) is 6.54 Å². The quantitative estimate of drug-likeness (QED) is 0.796. The molecule has 0 saturated carbocycles. The van der Waals surface area contributed by atoms with Crippen LogP contribution in [0, 0.1) is 0 Å². The van der Waals surface area contributed by atoms with Gasteiger partial charge >= 0.3 is 0 Å². The van der Waals surface area contributed by atoms with Crippen LogP contribution in [-0.4, -0.2) is 25.5 Å². The van der Waals surface area contributed by atoms with Gasteiger partial charge < -0.3 is 5.32 Å². The van der Waals surface area contributed by atoms with Gasteiger partial charge in [-0.25, -0.2) is 9.50 Å². The van der Waals surface area contributed by atoms with Crippen LogP contribution in [0.4, 0.5) is 0 Å². The Balaban J connectivity index is 1.81. The molecule has 0 bridgehead atoms. The van der Waals surface area contributed by atoms with Crippen molar-refractivity contribution in [1.82, 2.24) is 24.9 Å². The third-order valence-electron chi connectivity index (χ3n) is 2.73.